The number of nitrogens with one attached hydrogen (secondary N) is 1. The van der Waals surface area contributed by atoms with E-state index in [9.17, 15) is 14.9 Å². The maximum Gasteiger partial charge on any atom is 0.269 e. The highest BCUT2D eigenvalue weighted by molar-refractivity contribution is 7.10. The zero-order valence-corrected chi connectivity index (χ0v) is 15.4. The van der Waals surface area contributed by atoms with Crippen molar-refractivity contribution < 1.29 is 9.72 Å². The second-order valence-corrected chi connectivity index (χ2v) is 7.82. The summed E-state index contributed by atoms with van der Waals surface area (Å²) in [7, 11) is 0. The molecule has 0 spiro atoms. The lowest BCUT2D eigenvalue weighted by atomic mass is 9.80. The molecule has 0 fully saturated rings. The average Bonchev–Trinajstić information content (AvgIpc) is 3.38. The lowest BCUT2D eigenvalue weighted by Gasteiger charge is -2.34. The van der Waals surface area contributed by atoms with Crippen LogP contribution < -0.4 is 5.32 Å². The molecule has 0 saturated carbocycles. The van der Waals surface area contributed by atoms with E-state index in [0.717, 1.165) is 5.70 Å². The quantitative estimate of drug-likeness (QED) is 0.538. The van der Waals surface area contributed by atoms with E-state index in [4.69, 9.17) is 0 Å². The molecule has 0 unspecified atom stereocenters. The third-order valence-electron chi connectivity index (χ3n) is 5.20. The van der Waals surface area contributed by atoms with Crippen molar-refractivity contribution in [3.8, 4) is 0 Å². The van der Waals surface area contributed by atoms with Crippen LogP contribution in [0, 0.1) is 10.1 Å². The van der Waals surface area contributed by atoms with Crippen molar-refractivity contribution in [2.75, 3.05) is 5.32 Å². The zero-order valence-electron chi connectivity index (χ0n) is 14.6. The van der Waals surface area contributed by atoms with Gasteiger partial charge in [-0.25, -0.2) is 4.68 Å². The summed E-state index contributed by atoms with van der Waals surface area (Å²) in [6, 6.07) is 9.89. The van der Waals surface area contributed by atoms with Crippen LogP contribution in [0.4, 0.5) is 11.6 Å². The smallest absolute Gasteiger partial charge is 0.269 e. The molecule has 0 radical (unpaired) electrons. The molecule has 2 aliphatic rings. The summed E-state index contributed by atoms with van der Waals surface area (Å²) in [6.07, 6.45) is 2.53. The van der Waals surface area contributed by atoms with Crippen LogP contribution in [0.15, 0.2) is 59.4 Å². The number of anilines is 1. The highest BCUT2D eigenvalue weighted by atomic mass is 32.1. The number of rotatable bonds is 3. The SMILES string of the molecule is O=C1C[C@H](c2cccs2)CC2=C1[C@H](c1cccc([N+](=O)[O-])c1)n1ncnc1N2. The standard InChI is InChI=1S/C19H15N5O3S/c25-15-9-12(16-5-2-6-28-16)8-14-17(15)18(23-19(22-14)20-10-21-23)11-3-1-4-13(7-11)24(26)27/h1-7,10,12,18H,8-9H2,(H,20,21,22)/t12-,18+/m1/s1. The third kappa shape index (κ3) is 2.63. The Hall–Kier alpha value is -3.33. The number of nitro benzene ring substituents is 1. The highest BCUT2D eigenvalue weighted by Gasteiger charge is 2.39. The monoisotopic (exact) mass is 393 g/mol. The summed E-state index contributed by atoms with van der Waals surface area (Å²) < 4.78 is 1.63. The lowest BCUT2D eigenvalue weighted by Crippen LogP contribution is -2.33. The molecule has 140 valence electrons. The molecule has 1 aliphatic carbocycles. The number of aromatic nitrogens is 3. The fourth-order valence-electron chi connectivity index (χ4n) is 3.99. The number of hydrogen-bond donors (Lipinski definition) is 1. The second kappa shape index (κ2) is 6.38. The number of nitrogens with zero attached hydrogens (tertiary/aromatic N) is 4. The van der Waals surface area contributed by atoms with Gasteiger partial charge < -0.3 is 5.32 Å². The molecule has 8 nitrogen and oxygen atoms in total. The summed E-state index contributed by atoms with van der Waals surface area (Å²) in [5.41, 5.74) is 2.08. The van der Waals surface area contributed by atoms with E-state index in [-0.39, 0.29) is 17.4 Å². The number of thiophene rings is 1. The molecule has 1 aliphatic heterocycles. The van der Waals surface area contributed by atoms with Crippen LogP contribution in [0.25, 0.3) is 0 Å². The van der Waals surface area contributed by atoms with Crippen LogP contribution in [0.2, 0.25) is 0 Å². The summed E-state index contributed by atoms with van der Waals surface area (Å²) in [5.74, 6) is 0.693. The summed E-state index contributed by atoms with van der Waals surface area (Å²) in [4.78, 5) is 29.4. The Bertz CT molecular complexity index is 1120. The Morgan fingerprint density at radius 1 is 1.25 bits per heavy atom. The van der Waals surface area contributed by atoms with Crippen LogP contribution in [-0.4, -0.2) is 25.5 Å². The van der Waals surface area contributed by atoms with E-state index in [2.05, 4.69) is 21.5 Å². The fourth-order valence-corrected chi connectivity index (χ4v) is 4.82. The largest absolute Gasteiger partial charge is 0.328 e. The van der Waals surface area contributed by atoms with Crippen LogP contribution in [0.5, 0.6) is 0 Å². The van der Waals surface area contributed by atoms with Gasteiger partial charge >= 0.3 is 0 Å². The molecular weight excluding hydrogens is 378 g/mol. The van der Waals surface area contributed by atoms with Crippen molar-refractivity contribution in [1.29, 1.82) is 0 Å². The Morgan fingerprint density at radius 3 is 2.93 bits per heavy atom. The molecule has 3 aromatic rings. The zero-order chi connectivity index (χ0) is 19.3. The topological polar surface area (TPSA) is 103 Å². The van der Waals surface area contributed by atoms with Crippen molar-refractivity contribution in [3.05, 3.63) is 79.9 Å². The van der Waals surface area contributed by atoms with E-state index in [1.165, 1.54) is 23.3 Å². The van der Waals surface area contributed by atoms with E-state index >= 15 is 0 Å². The first-order chi connectivity index (χ1) is 13.6. The molecule has 5 rings (SSSR count). The van der Waals surface area contributed by atoms with Gasteiger partial charge in [0.1, 0.15) is 12.4 Å². The van der Waals surface area contributed by atoms with Gasteiger partial charge in [-0.3, -0.25) is 14.9 Å². The first-order valence-corrected chi connectivity index (χ1v) is 9.70. The number of non-ortho nitro benzene ring substituents is 1. The van der Waals surface area contributed by atoms with Crippen molar-refractivity contribution in [3.63, 3.8) is 0 Å². The highest BCUT2D eigenvalue weighted by Crippen LogP contribution is 2.44. The van der Waals surface area contributed by atoms with Crippen LogP contribution in [-0.2, 0) is 4.79 Å². The Kier molecular flexibility index (Phi) is 3.83. The molecule has 0 amide bonds. The molecular formula is C19H15N5O3S. The summed E-state index contributed by atoms with van der Waals surface area (Å²) in [6.45, 7) is 0. The predicted octanol–water partition coefficient (Wildman–Crippen LogP) is 3.66. The van der Waals surface area contributed by atoms with Gasteiger partial charge in [0.2, 0.25) is 5.95 Å². The van der Waals surface area contributed by atoms with Gasteiger partial charge in [0.25, 0.3) is 5.69 Å². The van der Waals surface area contributed by atoms with E-state index in [0.29, 0.717) is 29.9 Å². The number of carbonyl (C=O) groups is 1. The first kappa shape index (κ1) is 16.8. The lowest BCUT2D eigenvalue weighted by molar-refractivity contribution is -0.384. The molecule has 28 heavy (non-hydrogen) atoms. The minimum atomic E-state index is -0.523. The van der Waals surface area contributed by atoms with Crippen LogP contribution in [0.1, 0.15) is 35.2 Å². The van der Waals surface area contributed by atoms with Gasteiger partial charge in [0, 0.05) is 40.6 Å². The van der Waals surface area contributed by atoms with Gasteiger partial charge in [-0.1, -0.05) is 18.2 Å². The summed E-state index contributed by atoms with van der Waals surface area (Å²) >= 11 is 1.65. The van der Waals surface area contributed by atoms with Gasteiger partial charge in [0.05, 0.1) is 4.92 Å². The molecule has 9 heteroatoms. The molecule has 2 aromatic heterocycles. The number of ketones is 1. The predicted molar refractivity (Wildman–Crippen MR) is 103 cm³/mol. The molecule has 1 aromatic carbocycles. The van der Waals surface area contributed by atoms with Crippen molar-refractivity contribution in [2.45, 2.75) is 24.8 Å². The molecule has 2 atom stereocenters. The first-order valence-electron chi connectivity index (χ1n) is 8.82. The number of Topliss-reactive ketones (excluding diaryl/α,β-unsaturated/α-hetero) is 1. The maximum atomic E-state index is 13.2. The normalized spacial score (nSPS) is 21.1. The number of fused-ring (bicyclic) bond motifs is 1. The minimum absolute atomic E-state index is 0.0143. The Balaban J connectivity index is 1.63. The number of hydrogen-bond acceptors (Lipinski definition) is 7. The van der Waals surface area contributed by atoms with Gasteiger partial charge in [-0.2, -0.15) is 10.1 Å². The molecule has 0 bridgehead atoms. The molecule has 0 saturated heterocycles. The van der Waals surface area contributed by atoms with E-state index in [1.54, 1.807) is 28.2 Å². The van der Waals surface area contributed by atoms with E-state index < -0.39 is 11.0 Å². The molecule has 1 N–H and O–H groups in total. The van der Waals surface area contributed by atoms with Crippen molar-refractivity contribution in [1.82, 2.24) is 14.8 Å². The number of benzene rings is 1. The fraction of sp³-hybridized carbons (Fsp3) is 0.211. The number of nitro groups is 1. The Labute approximate surface area is 163 Å². The average molecular weight is 393 g/mol. The van der Waals surface area contributed by atoms with Gasteiger partial charge in [0.15, 0.2) is 5.78 Å². The molecule has 3 heterocycles. The van der Waals surface area contributed by atoms with E-state index in [1.807, 2.05) is 11.4 Å². The van der Waals surface area contributed by atoms with Crippen molar-refractivity contribution in [2.24, 2.45) is 0 Å². The van der Waals surface area contributed by atoms with Gasteiger partial charge in [-0.05, 0) is 23.4 Å². The van der Waals surface area contributed by atoms with Crippen LogP contribution >= 0.6 is 11.3 Å². The van der Waals surface area contributed by atoms with Gasteiger partial charge in [-0.15, -0.1) is 11.3 Å². The number of allylic oxidation sites excluding steroid dienone is 2. The van der Waals surface area contributed by atoms with Crippen LogP contribution in [0.3, 0.4) is 0 Å². The minimum Gasteiger partial charge on any atom is -0.328 e. The maximum absolute atomic E-state index is 13.2. The Morgan fingerprint density at radius 2 is 2.14 bits per heavy atom. The van der Waals surface area contributed by atoms with Crippen molar-refractivity contribution >= 4 is 28.8 Å². The second-order valence-electron chi connectivity index (χ2n) is 6.84. The summed E-state index contributed by atoms with van der Waals surface area (Å²) in [5, 5.41) is 20.8. The third-order valence-corrected chi connectivity index (χ3v) is 6.24. The number of carbonyl (C=O) groups excluding carboxylic acids is 1.